The second-order valence-electron chi connectivity index (χ2n) is 4.02. The van der Waals surface area contributed by atoms with Gasteiger partial charge in [0.1, 0.15) is 0 Å². The van der Waals surface area contributed by atoms with Crippen molar-refractivity contribution in [3.8, 4) is 0 Å². The first-order valence-electron chi connectivity index (χ1n) is 4.50. The van der Waals surface area contributed by atoms with Crippen LogP contribution >= 0.6 is 0 Å². The zero-order chi connectivity index (χ0) is 10.2. The fourth-order valence-electron chi connectivity index (χ4n) is 2.01. The van der Waals surface area contributed by atoms with Gasteiger partial charge in [-0.2, -0.15) is 0 Å². The Balaban J connectivity index is 2.95. The van der Waals surface area contributed by atoms with Crippen LogP contribution in [0, 0.1) is 11.8 Å². The zero-order valence-corrected chi connectivity index (χ0v) is 8.79. The molecule has 1 rings (SSSR count). The quantitative estimate of drug-likeness (QED) is 0.632. The molecule has 5 heteroatoms. The monoisotopic (exact) mass is 207 g/mol. The molecule has 78 valence electrons. The number of hydrogen-bond acceptors (Lipinski definition) is 4. The van der Waals surface area contributed by atoms with Crippen molar-refractivity contribution in [1.29, 1.82) is 0 Å². The Hall–Kier alpha value is -0.130. The predicted molar refractivity (Wildman–Crippen MR) is 51.0 cm³/mol. The molecule has 1 aliphatic heterocycles. The van der Waals surface area contributed by atoms with E-state index in [2.05, 4.69) is 0 Å². The van der Waals surface area contributed by atoms with E-state index >= 15 is 0 Å². The van der Waals surface area contributed by atoms with Crippen molar-refractivity contribution in [1.82, 2.24) is 0 Å². The summed E-state index contributed by atoms with van der Waals surface area (Å²) in [5.74, 6) is -0.290. The first-order chi connectivity index (χ1) is 5.90. The van der Waals surface area contributed by atoms with E-state index in [0.29, 0.717) is 0 Å². The molecule has 13 heavy (non-hydrogen) atoms. The van der Waals surface area contributed by atoms with Crippen LogP contribution in [-0.2, 0) is 9.84 Å². The molecular formula is C8H17NO3S. The van der Waals surface area contributed by atoms with E-state index in [9.17, 15) is 13.5 Å². The number of rotatable bonds is 2. The lowest BCUT2D eigenvalue weighted by Gasteiger charge is -2.19. The maximum absolute atomic E-state index is 11.6. The van der Waals surface area contributed by atoms with Gasteiger partial charge in [0.2, 0.25) is 0 Å². The summed E-state index contributed by atoms with van der Waals surface area (Å²) in [6.45, 7) is 3.86. The predicted octanol–water partition coefficient (Wildman–Crippen LogP) is -0.625. The van der Waals surface area contributed by atoms with Crippen molar-refractivity contribution in [2.45, 2.75) is 25.2 Å². The minimum atomic E-state index is -3.13. The summed E-state index contributed by atoms with van der Waals surface area (Å²) in [7, 11) is -3.13. The number of aliphatic hydroxyl groups excluding tert-OH is 1. The van der Waals surface area contributed by atoms with E-state index in [1.165, 1.54) is 0 Å². The van der Waals surface area contributed by atoms with E-state index in [1.807, 2.05) is 13.8 Å². The van der Waals surface area contributed by atoms with Gasteiger partial charge >= 0.3 is 0 Å². The van der Waals surface area contributed by atoms with Crippen molar-refractivity contribution in [2.24, 2.45) is 17.6 Å². The average molecular weight is 207 g/mol. The number of aliphatic hydroxyl groups is 1. The number of nitrogens with two attached hydrogens (primary N) is 1. The zero-order valence-electron chi connectivity index (χ0n) is 7.97. The molecule has 0 saturated carbocycles. The van der Waals surface area contributed by atoms with Gasteiger partial charge in [0.05, 0.1) is 17.1 Å². The van der Waals surface area contributed by atoms with E-state index in [0.717, 1.165) is 0 Å². The van der Waals surface area contributed by atoms with Gasteiger partial charge < -0.3 is 10.8 Å². The second-order valence-corrected chi connectivity index (χ2v) is 6.23. The lowest BCUT2D eigenvalue weighted by molar-refractivity contribution is 0.116. The molecule has 0 bridgehead atoms. The molecular weight excluding hydrogens is 190 g/mol. The van der Waals surface area contributed by atoms with Crippen LogP contribution in [0.25, 0.3) is 0 Å². The van der Waals surface area contributed by atoms with E-state index in [-0.39, 0.29) is 24.1 Å². The third-order valence-electron chi connectivity index (χ3n) is 2.64. The van der Waals surface area contributed by atoms with Crippen LogP contribution in [-0.4, -0.2) is 37.2 Å². The summed E-state index contributed by atoms with van der Waals surface area (Å²) in [5, 5.41) is 9.07. The third kappa shape index (κ3) is 1.87. The Morgan fingerprint density at radius 2 is 2.08 bits per heavy atom. The fraction of sp³-hybridized carbons (Fsp3) is 1.00. The molecule has 0 radical (unpaired) electrons. The average Bonchev–Trinajstić information content (AvgIpc) is 2.20. The van der Waals surface area contributed by atoms with Crippen LogP contribution < -0.4 is 5.73 Å². The molecule has 3 N–H and O–H groups in total. The molecule has 0 aromatic carbocycles. The van der Waals surface area contributed by atoms with Crippen molar-refractivity contribution in [2.75, 3.05) is 12.3 Å². The first kappa shape index (κ1) is 10.9. The van der Waals surface area contributed by atoms with Gasteiger partial charge in [-0.25, -0.2) is 8.42 Å². The highest BCUT2D eigenvalue weighted by Crippen LogP contribution is 2.30. The number of hydrogen-bond donors (Lipinski definition) is 2. The van der Waals surface area contributed by atoms with Crippen molar-refractivity contribution in [3.05, 3.63) is 0 Å². The normalized spacial score (nSPS) is 38.4. The van der Waals surface area contributed by atoms with Gasteiger partial charge in [0, 0.05) is 5.92 Å². The van der Waals surface area contributed by atoms with E-state index < -0.39 is 21.2 Å². The van der Waals surface area contributed by atoms with Crippen molar-refractivity contribution < 1.29 is 13.5 Å². The smallest absolute Gasteiger partial charge is 0.156 e. The standard InChI is InChI=1S/C8H17NO3S/c1-5(2)8-7(10)6(3-9)4-13(8,11)12/h5-8,10H,3-4,9H2,1-2H3. The first-order valence-corrected chi connectivity index (χ1v) is 6.21. The molecule has 1 heterocycles. The van der Waals surface area contributed by atoms with Crippen LogP contribution in [0.1, 0.15) is 13.8 Å². The molecule has 0 spiro atoms. The SMILES string of the molecule is CC(C)C1C(O)C(CN)CS1(=O)=O. The van der Waals surface area contributed by atoms with Crippen LogP contribution in [0.15, 0.2) is 0 Å². The summed E-state index contributed by atoms with van der Waals surface area (Å²) in [6.07, 6.45) is -0.782. The van der Waals surface area contributed by atoms with Crippen molar-refractivity contribution >= 4 is 9.84 Å². The highest BCUT2D eigenvalue weighted by Gasteiger charge is 2.46. The van der Waals surface area contributed by atoms with Crippen LogP contribution in [0.2, 0.25) is 0 Å². The summed E-state index contributed by atoms with van der Waals surface area (Å²) in [4.78, 5) is 0. The molecule has 1 fully saturated rings. The highest BCUT2D eigenvalue weighted by molar-refractivity contribution is 7.92. The van der Waals surface area contributed by atoms with E-state index in [4.69, 9.17) is 5.73 Å². The maximum atomic E-state index is 11.6. The fourth-order valence-corrected chi connectivity index (χ4v) is 4.63. The summed E-state index contributed by atoms with van der Waals surface area (Å²) < 4.78 is 23.1. The lowest BCUT2D eigenvalue weighted by Crippen LogP contribution is -2.35. The van der Waals surface area contributed by atoms with Gasteiger partial charge in [-0.3, -0.25) is 0 Å². The summed E-state index contributed by atoms with van der Waals surface area (Å²) >= 11 is 0. The van der Waals surface area contributed by atoms with Gasteiger partial charge in [0.15, 0.2) is 9.84 Å². The molecule has 3 unspecified atom stereocenters. The number of sulfone groups is 1. The second kappa shape index (κ2) is 3.55. The largest absolute Gasteiger partial charge is 0.391 e. The molecule has 0 aromatic heterocycles. The van der Waals surface area contributed by atoms with Gasteiger partial charge in [-0.1, -0.05) is 13.8 Å². The van der Waals surface area contributed by atoms with Gasteiger partial charge in [0.25, 0.3) is 0 Å². The van der Waals surface area contributed by atoms with Gasteiger partial charge in [-0.15, -0.1) is 0 Å². The molecule has 0 amide bonds. The highest BCUT2D eigenvalue weighted by atomic mass is 32.2. The topological polar surface area (TPSA) is 80.4 Å². The molecule has 0 aliphatic carbocycles. The van der Waals surface area contributed by atoms with Crippen molar-refractivity contribution in [3.63, 3.8) is 0 Å². The third-order valence-corrected chi connectivity index (χ3v) is 5.19. The Kier molecular flexibility index (Phi) is 2.99. The Morgan fingerprint density at radius 1 is 1.54 bits per heavy atom. The summed E-state index contributed by atoms with van der Waals surface area (Å²) in [5.41, 5.74) is 5.38. The lowest BCUT2D eigenvalue weighted by atomic mass is 9.96. The minimum absolute atomic E-state index is 0.0352. The summed E-state index contributed by atoms with van der Waals surface area (Å²) in [6, 6.07) is 0. The maximum Gasteiger partial charge on any atom is 0.156 e. The van der Waals surface area contributed by atoms with Crippen LogP contribution in [0.3, 0.4) is 0 Å². The Labute approximate surface area is 79.0 Å². The molecule has 0 aromatic rings. The van der Waals surface area contributed by atoms with Crippen LogP contribution in [0.5, 0.6) is 0 Å². The molecule has 4 nitrogen and oxygen atoms in total. The van der Waals surface area contributed by atoms with Gasteiger partial charge in [-0.05, 0) is 12.5 Å². The minimum Gasteiger partial charge on any atom is -0.391 e. The molecule has 1 aliphatic rings. The van der Waals surface area contributed by atoms with Crippen LogP contribution in [0.4, 0.5) is 0 Å². The molecule has 3 atom stereocenters. The Bertz CT molecular complexity index is 273. The van der Waals surface area contributed by atoms with E-state index in [1.54, 1.807) is 0 Å². The Morgan fingerprint density at radius 3 is 2.31 bits per heavy atom. The molecule has 1 saturated heterocycles.